The summed E-state index contributed by atoms with van der Waals surface area (Å²) in [6, 6.07) is 10.5. The second kappa shape index (κ2) is 10.1. The summed E-state index contributed by atoms with van der Waals surface area (Å²) in [7, 11) is 0. The van der Waals surface area contributed by atoms with Crippen LogP contribution in [0.4, 0.5) is 23.2 Å². The van der Waals surface area contributed by atoms with Gasteiger partial charge in [-0.2, -0.15) is 13.2 Å². The Morgan fingerprint density at radius 1 is 0.882 bits per heavy atom. The van der Waals surface area contributed by atoms with Crippen molar-refractivity contribution in [1.29, 1.82) is 0 Å². The smallest absolute Gasteiger partial charge is 0.339 e. The summed E-state index contributed by atoms with van der Waals surface area (Å²) >= 11 is 0. The zero-order valence-corrected chi connectivity index (χ0v) is 18.7. The fourth-order valence-corrected chi connectivity index (χ4v) is 4.75. The van der Waals surface area contributed by atoms with Crippen molar-refractivity contribution in [2.45, 2.75) is 37.9 Å². The second-order valence-electron chi connectivity index (χ2n) is 8.91. The molecule has 182 valence electrons. The average Bonchev–Trinajstić information content (AvgIpc) is 2.85. The summed E-state index contributed by atoms with van der Waals surface area (Å²) < 4.78 is 51.9. The molecule has 4 rings (SSSR count). The van der Waals surface area contributed by atoms with E-state index >= 15 is 0 Å². The molecule has 0 aliphatic carbocycles. The number of anilines is 1. The van der Waals surface area contributed by atoms with Gasteiger partial charge in [-0.25, -0.2) is 4.39 Å². The third kappa shape index (κ3) is 5.75. The second-order valence-corrected chi connectivity index (χ2v) is 8.91. The van der Waals surface area contributed by atoms with Gasteiger partial charge < -0.3 is 15.1 Å². The molecule has 0 unspecified atom stereocenters. The number of nitrogens with one attached hydrogen (secondary N) is 1. The first-order valence-electron chi connectivity index (χ1n) is 11.5. The Balaban J connectivity index is 1.25. The van der Waals surface area contributed by atoms with Crippen LogP contribution >= 0.6 is 0 Å². The minimum absolute atomic E-state index is 0.0567. The van der Waals surface area contributed by atoms with E-state index in [1.807, 2.05) is 0 Å². The molecule has 0 atom stereocenters. The number of amides is 2. The molecule has 0 radical (unpaired) electrons. The van der Waals surface area contributed by atoms with Crippen LogP contribution in [0.3, 0.4) is 0 Å². The van der Waals surface area contributed by atoms with Crippen LogP contribution in [0.25, 0.3) is 0 Å². The van der Waals surface area contributed by atoms with E-state index in [2.05, 4.69) is 10.2 Å². The summed E-state index contributed by atoms with van der Waals surface area (Å²) in [6.45, 7) is 2.52. The Morgan fingerprint density at radius 3 is 2.15 bits per heavy atom. The third-order valence-corrected chi connectivity index (χ3v) is 6.72. The van der Waals surface area contributed by atoms with Gasteiger partial charge in [0.2, 0.25) is 5.91 Å². The van der Waals surface area contributed by atoms with Gasteiger partial charge in [-0.3, -0.25) is 9.59 Å². The van der Waals surface area contributed by atoms with Gasteiger partial charge in [-0.15, -0.1) is 0 Å². The number of likely N-dealkylation sites (tertiary alicyclic amines) is 2. The van der Waals surface area contributed by atoms with Gasteiger partial charge >= 0.3 is 6.18 Å². The molecule has 2 amide bonds. The van der Waals surface area contributed by atoms with Crippen LogP contribution in [0.15, 0.2) is 48.5 Å². The lowest BCUT2D eigenvalue weighted by Crippen LogP contribution is -2.49. The molecule has 34 heavy (non-hydrogen) atoms. The summed E-state index contributed by atoms with van der Waals surface area (Å²) in [5.74, 6) is -0.897. The molecular weight excluding hydrogens is 450 g/mol. The summed E-state index contributed by atoms with van der Waals surface area (Å²) in [5.41, 5.74) is -0.188. The largest absolute Gasteiger partial charge is 0.416 e. The number of carbonyl (C=O) groups is 2. The molecule has 2 heterocycles. The number of halogens is 4. The standard InChI is InChI=1S/C25H27F4N3O2/c26-20-4-6-21(7-5-20)30-23(33)17-8-12-31(13-9-17)22-10-14-32(15-11-22)24(34)18-2-1-3-19(16-18)25(27,28)29/h1-7,16-17,22H,8-15H2,(H,30,33). The number of piperidine rings is 2. The molecule has 2 aromatic carbocycles. The quantitative estimate of drug-likeness (QED) is 0.644. The predicted octanol–water partition coefficient (Wildman–Crippen LogP) is 4.80. The van der Waals surface area contributed by atoms with Gasteiger partial charge in [0, 0.05) is 36.3 Å². The molecule has 2 aromatic rings. The fraction of sp³-hybridized carbons (Fsp3) is 0.440. The van der Waals surface area contributed by atoms with Crippen LogP contribution < -0.4 is 5.32 Å². The van der Waals surface area contributed by atoms with Crippen molar-refractivity contribution in [2.24, 2.45) is 5.92 Å². The van der Waals surface area contributed by atoms with Crippen molar-refractivity contribution < 1.29 is 27.2 Å². The number of alkyl halides is 3. The highest BCUT2D eigenvalue weighted by atomic mass is 19.4. The summed E-state index contributed by atoms with van der Waals surface area (Å²) in [4.78, 5) is 29.2. The van der Waals surface area contributed by atoms with E-state index < -0.39 is 11.7 Å². The molecule has 2 saturated heterocycles. The van der Waals surface area contributed by atoms with E-state index in [4.69, 9.17) is 0 Å². The highest BCUT2D eigenvalue weighted by Crippen LogP contribution is 2.30. The van der Waals surface area contributed by atoms with Crippen LogP contribution in [0.5, 0.6) is 0 Å². The lowest BCUT2D eigenvalue weighted by atomic mass is 9.92. The molecule has 2 aliphatic heterocycles. The maximum atomic E-state index is 13.0. The normalized spacial score (nSPS) is 18.6. The van der Waals surface area contributed by atoms with Gasteiger partial charge in [0.15, 0.2) is 0 Å². The molecule has 0 bridgehead atoms. The number of benzene rings is 2. The van der Waals surface area contributed by atoms with Gasteiger partial charge in [-0.05, 0) is 81.2 Å². The Labute approximate surface area is 195 Å². The van der Waals surface area contributed by atoms with Crippen molar-refractivity contribution in [3.63, 3.8) is 0 Å². The monoisotopic (exact) mass is 477 g/mol. The highest BCUT2D eigenvalue weighted by Gasteiger charge is 2.34. The first-order valence-corrected chi connectivity index (χ1v) is 11.5. The average molecular weight is 478 g/mol. The SMILES string of the molecule is O=C(Nc1ccc(F)cc1)C1CCN(C2CCN(C(=O)c3cccc(C(F)(F)F)c3)CC2)CC1. The maximum Gasteiger partial charge on any atom is 0.416 e. The van der Waals surface area contributed by atoms with Crippen LogP contribution in [0.2, 0.25) is 0 Å². The van der Waals surface area contributed by atoms with Crippen molar-refractivity contribution in [3.05, 3.63) is 65.5 Å². The van der Waals surface area contributed by atoms with Gasteiger partial charge in [-0.1, -0.05) is 6.07 Å². The Hall–Kier alpha value is -2.94. The molecule has 0 aromatic heterocycles. The number of hydrogen-bond acceptors (Lipinski definition) is 3. The maximum absolute atomic E-state index is 13.0. The lowest BCUT2D eigenvalue weighted by molar-refractivity contribution is -0.137. The molecular formula is C25H27F4N3O2. The van der Waals surface area contributed by atoms with Crippen LogP contribution in [-0.2, 0) is 11.0 Å². The predicted molar refractivity (Wildman–Crippen MR) is 120 cm³/mol. The minimum atomic E-state index is -4.48. The summed E-state index contributed by atoms with van der Waals surface area (Å²) in [6.07, 6.45) is -1.55. The fourth-order valence-electron chi connectivity index (χ4n) is 4.75. The van der Waals surface area contributed by atoms with E-state index in [0.29, 0.717) is 18.8 Å². The van der Waals surface area contributed by atoms with Crippen LogP contribution in [0.1, 0.15) is 41.6 Å². The zero-order valence-electron chi connectivity index (χ0n) is 18.7. The molecule has 5 nitrogen and oxygen atoms in total. The van der Waals surface area contributed by atoms with Gasteiger partial charge in [0.25, 0.3) is 5.91 Å². The molecule has 9 heteroatoms. The number of nitrogens with zero attached hydrogens (tertiary/aromatic N) is 2. The van der Waals surface area contributed by atoms with E-state index in [0.717, 1.165) is 50.9 Å². The molecule has 0 saturated carbocycles. The third-order valence-electron chi connectivity index (χ3n) is 6.72. The Bertz CT molecular complexity index is 1010. The van der Waals surface area contributed by atoms with E-state index in [9.17, 15) is 27.2 Å². The van der Waals surface area contributed by atoms with E-state index in [1.54, 1.807) is 4.90 Å². The van der Waals surface area contributed by atoms with Crippen molar-refractivity contribution in [1.82, 2.24) is 9.80 Å². The minimum Gasteiger partial charge on any atom is -0.339 e. The van der Waals surface area contributed by atoms with Gasteiger partial charge in [0.05, 0.1) is 5.56 Å². The molecule has 2 aliphatic rings. The summed E-state index contributed by atoms with van der Waals surface area (Å²) in [5, 5.41) is 2.84. The Morgan fingerprint density at radius 2 is 1.53 bits per heavy atom. The van der Waals surface area contributed by atoms with Crippen LogP contribution in [-0.4, -0.2) is 53.8 Å². The van der Waals surface area contributed by atoms with Crippen molar-refractivity contribution in [2.75, 3.05) is 31.5 Å². The number of carbonyl (C=O) groups excluding carboxylic acids is 2. The first-order chi connectivity index (χ1) is 16.2. The first kappa shape index (κ1) is 24.2. The molecule has 0 spiro atoms. The van der Waals surface area contributed by atoms with E-state index in [1.165, 1.54) is 36.4 Å². The van der Waals surface area contributed by atoms with Crippen molar-refractivity contribution in [3.8, 4) is 0 Å². The van der Waals surface area contributed by atoms with E-state index in [-0.39, 0.29) is 35.2 Å². The van der Waals surface area contributed by atoms with Gasteiger partial charge in [0.1, 0.15) is 5.82 Å². The molecule has 2 fully saturated rings. The number of rotatable bonds is 4. The number of hydrogen-bond donors (Lipinski definition) is 1. The Kier molecular flexibility index (Phi) is 7.21. The lowest BCUT2D eigenvalue weighted by Gasteiger charge is -2.41. The molecule has 1 N–H and O–H groups in total. The topological polar surface area (TPSA) is 52.7 Å². The highest BCUT2D eigenvalue weighted by molar-refractivity contribution is 5.94. The van der Waals surface area contributed by atoms with Crippen LogP contribution in [0, 0.1) is 11.7 Å². The van der Waals surface area contributed by atoms with Crippen molar-refractivity contribution >= 4 is 17.5 Å². The zero-order chi connectivity index (χ0) is 24.3.